The summed E-state index contributed by atoms with van der Waals surface area (Å²) in [5, 5.41) is 18.8. The van der Waals surface area contributed by atoms with Gasteiger partial charge in [0.25, 0.3) is 0 Å². The maximum absolute atomic E-state index is 12.5. The molecule has 0 unspecified atom stereocenters. The number of carbonyl (C=O) groups is 2. The predicted molar refractivity (Wildman–Crippen MR) is 119 cm³/mol. The molecule has 0 bridgehead atoms. The van der Waals surface area contributed by atoms with Crippen molar-refractivity contribution < 1.29 is 19.8 Å². The second kappa shape index (κ2) is 10.8. The molecule has 168 valence electrons. The zero-order valence-corrected chi connectivity index (χ0v) is 18.9. The van der Waals surface area contributed by atoms with E-state index in [1.54, 1.807) is 6.07 Å². The number of carboxylic acid groups (broad SMARTS) is 1. The van der Waals surface area contributed by atoms with E-state index in [9.17, 15) is 14.7 Å². The lowest BCUT2D eigenvalue weighted by atomic mass is 9.68. The summed E-state index contributed by atoms with van der Waals surface area (Å²) in [6, 6.07) is 7.59. The van der Waals surface area contributed by atoms with Crippen molar-refractivity contribution in [1.82, 2.24) is 9.80 Å². The molecule has 0 aliphatic carbocycles. The highest BCUT2D eigenvalue weighted by molar-refractivity contribution is 5.80. The molecule has 1 aliphatic rings. The minimum absolute atomic E-state index is 0.0177. The monoisotopic (exact) mass is 418 g/mol. The summed E-state index contributed by atoms with van der Waals surface area (Å²) < 4.78 is 0. The summed E-state index contributed by atoms with van der Waals surface area (Å²) in [5.41, 5.74) is 1.20. The highest BCUT2D eigenvalue weighted by Crippen LogP contribution is 2.40. The molecular formula is C24H38N2O4. The zero-order valence-electron chi connectivity index (χ0n) is 18.9. The van der Waals surface area contributed by atoms with Gasteiger partial charge >= 0.3 is 5.97 Å². The quantitative estimate of drug-likeness (QED) is 0.605. The molecule has 0 radical (unpaired) electrons. The van der Waals surface area contributed by atoms with Crippen LogP contribution in [0.1, 0.15) is 58.9 Å². The molecule has 2 rings (SSSR count). The fourth-order valence-electron chi connectivity index (χ4n) is 4.22. The fraction of sp³-hybridized carbons (Fsp3) is 0.667. The van der Waals surface area contributed by atoms with E-state index in [4.69, 9.17) is 5.11 Å². The van der Waals surface area contributed by atoms with Gasteiger partial charge < -0.3 is 20.0 Å². The van der Waals surface area contributed by atoms with Crippen molar-refractivity contribution in [3.05, 3.63) is 29.8 Å². The van der Waals surface area contributed by atoms with Crippen molar-refractivity contribution in [2.75, 3.05) is 32.7 Å². The number of amides is 1. The van der Waals surface area contributed by atoms with Crippen molar-refractivity contribution in [3.63, 3.8) is 0 Å². The van der Waals surface area contributed by atoms with E-state index in [2.05, 4.69) is 38.7 Å². The Kier molecular flexibility index (Phi) is 8.71. The maximum atomic E-state index is 12.5. The van der Waals surface area contributed by atoms with E-state index in [1.165, 1.54) is 5.56 Å². The van der Waals surface area contributed by atoms with Gasteiger partial charge in [0, 0.05) is 32.6 Å². The smallest absolute Gasteiger partial charge is 0.303 e. The summed E-state index contributed by atoms with van der Waals surface area (Å²) in [6.45, 7) is 12.8. The SMILES string of the molecule is CC(C)CCN(CCN1CC[C@](C)(c2cccc(O)c2)[C@@H](C)C1)C(=O)CCC(=O)O. The van der Waals surface area contributed by atoms with Gasteiger partial charge in [0.15, 0.2) is 0 Å². The molecule has 1 aliphatic heterocycles. The van der Waals surface area contributed by atoms with Crippen LogP contribution in [0.3, 0.4) is 0 Å². The Labute approximate surface area is 180 Å². The Morgan fingerprint density at radius 1 is 1.27 bits per heavy atom. The first-order valence-corrected chi connectivity index (χ1v) is 11.1. The minimum atomic E-state index is -0.928. The third-order valence-electron chi connectivity index (χ3n) is 6.64. The van der Waals surface area contributed by atoms with Crippen LogP contribution >= 0.6 is 0 Å². The van der Waals surface area contributed by atoms with E-state index < -0.39 is 5.97 Å². The van der Waals surface area contributed by atoms with Crippen LogP contribution in [0.2, 0.25) is 0 Å². The zero-order chi connectivity index (χ0) is 22.3. The molecular weight excluding hydrogens is 380 g/mol. The Morgan fingerprint density at radius 2 is 2.00 bits per heavy atom. The first-order chi connectivity index (χ1) is 14.1. The van der Waals surface area contributed by atoms with Gasteiger partial charge in [0.2, 0.25) is 5.91 Å². The summed E-state index contributed by atoms with van der Waals surface area (Å²) in [4.78, 5) is 27.6. The molecule has 6 nitrogen and oxygen atoms in total. The summed E-state index contributed by atoms with van der Waals surface area (Å²) >= 11 is 0. The number of aromatic hydroxyl groups is 1. The lowest BCUT2D eigenvalue weighted by Gasteiger charge is -2.45. The Bertz CT molecular complexity index is 721. The van der Waals surface area contributed by atoms with E-state index in [0.29, 0.717) is 30.7 Å². The number of aliphatic carboxylic acids is 1. The molecule has 0 saturated carbocycles. The number of carbonyl (C=O) groups excluding carboxylic acids is 1. The van der Waals surface area contributed by atoms with Gasteiger partial charge in [-0.25, -0.2) is 0 Å². The Hall–Kier alpha value is -2.08. The Morgan fingerprint density at radius 3 is 2.60 bits per heavy atom. The number of likely N-dealkylation sites (tertiary alicyclic amines) is 1. The molecule has 0 aromatic heterocycles. The number of phenolic OH excluding ortho intramolecular Hbond substituents is 1. The van der Waals surface area contributed by atoms with Gasteiger partial charge in [-0.05, 0) is 54.3 Å². The third-order valence-corrected chi connectivity index (χ3v) is 6.64. The van der Waals surface area contributed by atoms with Crippen LogP contribution in [0.25, 0.3) is 0 Å². The number of carboxylic acids is 1. The molecule has 1 fully saturated rings. The van der Waals surface area contributed by atoms with Gasteiger partial charge in [-0.3, -0.25) is 9.59 Å². The molecule has 0 spiro atoms. The van der Waals surface area contributed by atoms with Crippen LogP contribution in [0.5, 0.6) is 5.75 Å². The molecule has 1 saturated heterocycles. The molecule has 30 heavy (non-hydrogen) atoms. The van der Waals surface area contributed by atoms with E-state index in [1.807, 2.05) is 17.0 Å². The third kappa shape index (κ3) is 6.73. The number of hydrogen-bond acceptors (Lipinski definition) is 4. The van der Waals surface area contributed by atoms with Gasteiger partial charge in [0.1, 0.15) is 5.75 Å². The summed E-state index contributed by atoms with van der Waals surface area (Å²) in [6.07, 6.45) is 1.88. The van der Waals surface area contributed by atoms with Crippen molar-refractivity contribution in [2.45, 2.75) is 58.8 Å². The topological polar surface area (TPSA) is 81.1 Å². The van der Waals surface area contributed by atoms with E-state index in [0.717, 1.165) is 32.5 Å². The van der Waals surface area contributed by atoms with Crippen molar-refractivity contribution in [2.24, 2.45) is 11.8 Å². The number of nitrogens with zero attached hydrogens (tertiary/aromatic N) is 2. The number of hydrogen-bond donors (Lipinski definition) is 2. The van der Waals surface area contributed by atoms with Crippen molar-refractivity contribution in [1.29, 1.82) is 0 Å². The van der Waals surface area contributed by atoms with Gasteiger partial charge in [-0.1, -0.05) is 39.8 Å². The summed E-state index contributed by atoms with van der Waals surface area (Å²) in [5.74, 6) is 0.234. The second-order valence-corrected chi connectivity index (χ2v) is 9.38. The van der Waals surface area contributed by atoms with Crippen LogP contribution in [0.4, 0.5) is 0 Å². The predicted octanol–water partition coefficient (Wildman–Crippen LogP) is 3.73. The van der Waals surface area contributed by atoms with E-state index in [-0.39, 0.29) is 24.2 Å². The van der Waals surface area contributed by atoms with Crippen LogP contribution < -0.4 is 0 Å². The van der Waals surface area contributed by atoms with Crippen LogP contribution in [0, 0.1) is 11.8 Å². The van der Waals surface area contributed by atoms with Gasteiger partial charge in [-0.2, -0.15) is 0 Å². The average molecular weight is 419 g/mol. The fourth-order valence-corrected chi connectivity index (χ4v) is 4.22. The largest absolute Gasteiger partial charge is 0.508 e. The van der Waals surface area contributed by atoms with Gasteiger partial charge in [0.05, 0.1) is 6.42 Å². The minimum Gasteiger partial charge on any atom is -0.508 e. The maximum Gasteiger partial charge on any atom is 0.303 e. The molecule has 1 heterocycles. The second-order valence-electron chi connectivity index (χ2n) is 9.38. The lowest BCUT2D eigenvalue weighted by Crippen LogP contribution is -2.49. The number of rotatable bonds is 10. The normalized spacial score (nSPS) is 22.2. The van der Waals surface area contributed by atoms with Crippen molar-refractivity contribution in [3.8, 4) is 5.75 Å². The first-order valence-electron chi connectivity index (χ1n) is 11.1. The number of phenols is 1. The average Bonchev–Trinajstić information content (AvgIpc) is 2.68. The van der Waals surface area contributed by atoms with Crippen LogP contribution in [0.15, 0.2) is 24.3 Å². The molecule has 2 N–H and O–H groups in total. The molecule has 1 amide bonds. The highest BCUT2D eigenvalue weighted by Gasteiger charge is 2.38. The lowest BCUT2D eigenvalue weighted by molar-refractivity contribution is -0.141. The van der Waals surface area contributed by atoms with Crippen LogP contribution in [-0.4, -0.2) is 64.6 Å². The standard InChI is InChI=1S/C24H38N2O4/c1-18(2)10-12-26(22(28)8-9-23(29)30)15-14-25-13-11-24(4,19(3)17-25)20-6-5-7-21(27)16-20/h5-7,16,18-19,27H,8-15,17H2,1-4H3,(H,29,30)/t19-,24-/m0/s1. The molecule has 6 heteroatoms. The van der Waals surface area contributed by atoms with E-state index >= 15 is 0 Å². The Balaban J connectivity index is 1.94. The number of piperidine rings is 1. The first kappa shape index (κ1) is 24.2. The van der Waals surface area contributed by atoms with Crippen LogP contribution in [-0.2, 0) is 15.0 Å². The van der Waals surface area contributed by atoms with Gasteiger partial charge in [-0.15, -0.1) is 0 Å². The summed E-state index contributed by atoms with van der Waals surface area (Å²) in [7, 11) is 0. The molecule has 2 atom stereocenters. The molecule has 1 aromatic carbocycles. The number of benzene rings is 1. The highest BCUT2D eigenvalue weighted by atomic mass is 16.4. The molecule has 1 aromatic rings. The van der Waals surface area contributed by atoms with Crippen molar-refractivity contribution >= 4 is 11.9 Å².